The van der Waals surface area contributed by atoms with Gasteiger partial charge in [-0.15, -0.1) is 11.3 Å². The van der Waals surface area contributed by atoms with E-state index in [1.54, 1.807) is 30.0 Å². The number of thioether (sulfide) groups is 1. The van der Waals surface area contributed by atoms with Crippen molar-refractivity contribution in [1.82, 2.24) is 14.5 Å². The number of methoxy groups -OCH3 is 1. The normalized spacial score (nSPS) is 11.0. The predicted octanol–water partition coefficient (Wildman–Crippen LogP) is 4.26. The Morgan fingerprint density at radius 1 is 1.19 bits per heavy atom. The zero-order chi connectivity index (χ0) is 22.7. The molecule has 0 aliphatic heterocycles. The molecule has 0 fully saturated rings. The molecule has 0 aliphatic carbocycles. The minimum atomic E-state index is -0.211. The van der Waals surface area contributed by atoms with Gasteiger partial charge in [0.25, 0.3) is 5.56 Å². The summed E-state index contributed by atoms with van der Waals surface area (Å²) in [6.45, 7) is 4.21. The first-order valence-corrected chi connectivity index (χ1v) is 11.7. The second-order valence-electron chi connectivity index (χ2n) is 7.11. The fourth-order valence-corrected chi connectivity index (χ4v) is 5.15. The first kappa shape index (κ1) is 22.0. The highest BCUT2D eigenvalue weighted by Crippen LogP contribution is 2.29. The maximum Gasteiger partial charge on any atom is 0.263 e. The van der Waals surface area contributed by atoms with Gasteiger partial charge in [-0.05, 0) is 43.7 Å². The molecule has 0 saturated heterocycles. The van der Waals surface area contributed by atoms with Crippen molar-refractivity contribution in [1.29, 1.82) is 0 Å². The van der Waals surface area contributed by atoms with E-state index in [1.165, 1.54) is 23.1 Å². The molecule has 1 N–H and O–H groups in total. The third kappa shape index (κ3) is 4.53. The molecule has 0 radical (unpaired) electrons. The van der Waals surface area contributed by atoms with E-state index in [4.69, 9.17) is 9.72 Å². The lowest BCUT2D eigenvalue weighted by Crippen LogP contribution is -2.25. The Labute approximate surface area is 193 Å². The molecular formula is C23H22N4O3S2. The van der Waals surface area contributed by atoms with E-state index in [0.29, 0.717) is 26.8 Å². The van der Waals surface area contributed by atoms with Gasteiger partial charge in [-0.1, -0.05) is 30.0 Å². The van der Waals surface area contributed by atoms with E-state index >= 15 is 0 Å². The molecule has 32 heavy (non-hydrogen) atoms. The van der Waals surface area contributed by atoms with Gasteiger partial charge in [0.15, 0.2) is 5.16 Å². The van der Waals surface area contributed by atoms with Crippen LogP contribution in [0, 0.1) is 13.8 Å². The van der Waals surface area contributed by atoms with Crippen LogP contribution in [0.2, 0.25) is 0 Å². The average Bonchev–Trinajstić information content (AvgIpc) is 3.09. The molecule has 4 aromatic rings. The van der Waals surface area contributed by atoms with Crippen LogP contribution in [0.4, 0.5) is 5.69 Å². The summed E-state index contributed by atoms with van der Waals surface area (Å²) in [5.41, 5.74) is 2.18. The average molecular weight is 467 g/mol. The number of nitrogens with zero attached hydrogens (tertiary/aromatic N) is 3. The first-order valence-electron chi connectivity index (χ1n) is 9.94. The molecule has 3 aromatic heterocycles. The molecule has 7 nitrogen and oxygen atoms in total. The van der Waals surface area contributed by atoms with Crippen molar-refractivity contribution < 1.29 is 9.53 Å². The van der Waals surface area contributed by atoms with Crippen LogP contribution in [-0.4, -0.2) is 33.3 Å². The van der Waals surface area contributed by atoms with Gasteiger partial charge in [0, 0.05) is 11.1 Å². The maximum absolute atomic E-state index is 13.4. The molecule has 1 aromatic carbocycles. The fraction of sp³-hybridized carbons (Fsp3) is 0.217. The highest BCUT2D eigenvalue weighted by molar-refractivity contribution is 7.99. The van der Waals surface area contributed by atoms with Crippen molar-refractivity contribution in [3.8, 4) is 5.75 Å². The number of aromatic nitrogens is 3. The van der Waals surface area contributed by atoms with Gasteiger partial charge in [0.05, 0.1) is 36.2 Å². The Balaban J connectivity index is 1.64. The van der Waals surface area contributed by atoms with Gasteiger partial charge in [0.1, 0.15) is 10.6 Å². The minimum absolute atomic E-state index is 0.0988. The number of rotatable bonds is 7. The Morgan fingerprint density at radius 3 is 2.72 bits per heavy atom. The molecule has 1 amide bonds. The molecule has 0 aliphatic rings. The Hall–Kier alpha value is -3.17. The number of para-hydroxylation sites is 2. The number of amides is 1. The lowest BCUT2D eigenvalue weighted by molar-refractivity contribution is -0.113. The number of carbonyl (C=O) groups is 1. The number of hydrogen-bond donors (Lipinski definition) is 1. The van der Waals surface area contributed by atoms with E-state index in [0.717, 1.165) is 16.1 Å². The van der Waals surface area contributed by atoms with Crippen molar-refractivity contribution in [2.24, 2.45) is 0 Å². The number of ether oxygens (including phenoxy) is 1. The number of aryl methyl sites for hydroxylation is 2. The molecule has 9 heteroatoms. The van der Waals surface area contributed by atoms with Gasteiger partial charge >= 0.3 is 0 Å². The van der Waals surface area contributed by atoms with E-state index < -0.39 is 0 Å². The van der Waals surface area contributed by atoms with Gasteiger partial charge in [0.2, 0.25) is 5.91 Å². The predicted molar refractivity (Wildman–Crippen MR) is 129 cm³/mol. The lowest BCUT2D eigenvalue weighted by Gasteiger charge is -2.13. The van der Waals surface area contributed by atoms with Crippen LogP contribution in [0.5, 0.6) is 5.75 Å². The molecule has 0 unspecified atom stereocenters. The number of carbonyl (C=O) groups excluding carboxylic acids is 1. The van der Waals surface area contributed by atoms with Crippen LogP contribution in [0.25, 0.3) is 10.2 Å². The molecule has 3 heterocycles. The van der Waals surface area contributed by atoms with E-state index in [1.807, 2.05) is 44.2 Å². The lowest BCUT2D eigenvalue weighted by atomic mass is 10.2. The third-order valence-corrected chi connectivity index (χ3v) is 7.09. The van der Waals surface area contributed by atoms with Gasteiger partial charge in [-0.25, -0.2) is 4.98 Å². The molecule has 164 valence electrons. The second kappa shape index (κ2) is 9.54. The quantitative estimate of drug-likeness (QED) is 0.324. The topological polar surface area (TPSA) is 86.1 Å². The second-order valence-corrected chi connectivity index (χ2v) is 9.25. The van der Waals surface area contributed by atoms with Crippen molar-refractivity contribution in [2.75, 3.05) is 18.2 Å². The van der Waals surface area contributed by atoms with Gasteiger partial charge in [-0.2, -0.15) is 0 Å². The zero-order valence-electron chi connectivity index (χ0n) is 17.9. The van der Waals surface area contributed by atoms with Crippen LogP contribution < -0.4 is 15.6 Å². The Kier molecular flexibility index (Phi) is 6.57. The summed E-state index contributed by atoms with van der Waals surface area (Å²) in [7, 11) is 1.56. The summed E-state index contributed by atoms with van der Waals surface area (Å²) in [5.74, 6) is 0.473. The van der Waals surface area contributed by atoms with Crippen LogP contribution >= 0.6 is 23.1 Å². The summed E-state index contributed by atoms with van der Waals surface area (Å²) in [6.07, 6.45) is 1.69. The van der Waals surface area contributed by atoms with E-state index in [-0.39, 0.29) is 23.8 Å². The largest absolute Gasteiger partial charge is 0.495 e. The summed E-state index contributed by atoms with van der Waals surface area (Å²) in [5, 5.41) is 3.98. The minimum Gasteiger partial charge on any atom is -0.495 e. The Bertz CT molecular complexity index is 1330. The van der Waals surface area contributed by atoms with Crippen molar-refractivity contribution in [3.63, 3.8) is 0 Å². The van der Waals surface area contributed by atoms with Crippen LogP contribution in [0.15, 0.2) is 58.6 Å². The summed E-state index contributed by atoms with van der Waals surface area (Å²) in [4.78, 5) is 36.8. The fourth-order valence-electron chi connectivity index (χ4n) is 3.28. The maximum atomic E-state index is 13.4. The first-order chi connectivity index (χ1) is 15.5. The number of benzene rings is 1. The monoisotopic (exact) mass is 466 g/mol. The summed E-state index contributed by atoms with van der Waals surface area (Å²) < 4.78 is 6.89. The molecule has 4 rings (SSSR count). The summed E-state index contributed by atoms with van der Waals surface area (Å²) >= 11 is 2.72. The molecule has 0 bridgehead atoms. The molecular weight excluding hydrogens is 444 g/mol. The number of anilines is 1. The number of fused-ring (bicyclic) bond motifs is 1. The number of nitrogens with one attached hydrogen (secondary N) is 1. The van der Waals surface area contributed by atoms with Crippen LogP contribution in [0.1, 0.15) is 16.1 Å². The Morgan fingerprint density at radius 2 is 1.97 bits per heavy atom. The summed E-state index contributed by atoms with van der Waals surface area (Å²) in [6, 6.07) is 12.8. The smallest absolute Gasteiger partial charge is 0.263 e. The highest BCUT2D eigenvalue weighted by Gasteiger charge is 2.18. The number of thiophene rings is 1. The van der Waals surface area contributed by atoms with Crippen molar-refractivity contribution in [3.05, 3.63) is 75.1 Å². The zero-order valence-corrected chi connectivity index (χ0v) is 19.5. The van der Waals surface area contributed by atoms with Crippen LogP contribution in [0.3, 0.4) is 0 Å². The SMILES string of the molecule is COc1ccccc1NC(=O)CSc1nc2sc(C)c(C)c2c(=O)n1Cc1ccccn1. The highest BCUT2D eigenvalue weighted by atomic mass is 32.2. The van der Waals surface area contributed by atoms with E-state index in [9.17, 15) is 9.59 Å². The molecule has 0 atom stereocenters. The van der Waals surface area contributed by atoms with Crippen molar-refractivity contribution in [2.45, 2.75) is 25.5 Å². The van der Waals surface area contributed by atoms with Gasteiger partial charge < -0.3 is 10.1 Å². The molecule has 0 saturated carbocycles. The van der Waals surface area contributed by atoms with Crippen LogP contribution in [-0.2, 0) is 11.3 Å². The van der Waals surface area contributed by atoms with Crippen molar-refractivity contribution >= 4 is 44.9 Å². The molecule has 0 spiro atoms. The standard InChI is InChI=1S/C23H22N4O3S2/c1-14-15(2)32-21-20(14)22(29)27(12-16-8-6-7-11-24-16)23(26-21)31-13-19(28)25-17-9-4-5-10-18(17)30-3/h4-11H,12-13H2,1-3H3,(H,25,28). The third-order valence-electron chi connectivity index (χ3n) is 5.01. The number of hydrogen-bond acceptors (Lipinski definition) is 7. The number of pyridine rings is 1. The van der Waals surface area contributed by atoms with Gasteiger partial charge in [-0.3, -0.25) is 19.1 Å². The van der Waals surface area contributed by atoms with E-state index in [2.05, 4.69) is 10.3 Å².